The summed E-state index contributed by atoms with van der Waals surface area (Å²) < 4.78 is 45.4. The summed E-state index contributed by atoms with van der Waals surface area (Å²) in [6.45, 7) is 8.53. The number of aryl methyl sites for hydroxylation is 1. The second-order valence-corrected chi connectivity index (χ2v) is 11.7. The van der Waals surface area contributed by atoms with E-state index in [1.54, 1.807) is 32.0 Å². The number of rotatable bonds is 10. The number of hydrogen-bond donors (Lipinski definition) is 1. The van der Waals surface area contributed by atoms with Crippen LogP contribution in [0, 0.1) is 12.7 Å². The smallest absolute Gasteiger partial charge is 0.244 e. The summed E-state index contributed by atoms with van der Waals surface area (Å²) in [5.41, 5.74) is 1.07. The number of nitrogens with zero attached hydrogens (tertiary/aromatic N) is 2. The predicted octanol–water partition coefficient (Wildman–Crippen LogP) is 3.63. The largest absolute Gasteiger partial charge is 0.495 e. The molecule has 1 N–H and O–H groups in total. The number of hydrogen-bond acceptors (Lipinski definition) is 5. The summed E-state index contributed by atoms with van der Waals surface area (Å²) in [5.74, 6) is -1.07. The van der Waals surface area contributed by atoms with Crippen LogP contribution in [0.4, 0.5) is 10.1 Å². The molecule has 0 aliphatic rings. The highest BCUT2D eigenvalue weighted by atomic mass is 32.2. The van der Waals surface area contributed by atoms with Gasteiger partial charge in [0.05, 0.1) is 19.1 Å². The zero-order valence-electron chi connectivity index (χ0n) is 22.0. The lowest BCUT2D eigenvalue weighted by molar-refractivity contribution is -0.141. The van der Waals surface area contributed by atoms with Crippen LogP contribution in [0.5, 0.6) is 5.75 Å². The first-order chi connectivity index (χ1) is 16.7. The number of carbonyl (C=O) groups excluding carboxylic acids is 2. The van der Waals surface area contributed by atoms with E-state index in [9.17, 15) is 22.4 Å². The molecule has 0 fully saturated rings. The molecule has 0 spiro atoms. The molecular formula is C26H36FN3O5S. The topological polar surface area (TPSA) is 96.0 Å². The summed E-state index contributed by atoms with van der Waals surface area (Å²) in [5, 5.41) is 2.90. The summed E-state index contributed by atoms with van der Waals surface area (Å²) in [6.07, 6.45) is 1.30. The zero-order valence-corrected chi connectivity index (χ0v) is 22.8. The van der Waals surface area contributed by atoms with Crippen molar-refractivity contribution in [2.45, 2.75) is 59.2 Å². The second-order valence-electron chi connectivity index (χ2n) is 9.76. The molecule has 2 aromatic carbocycles. The molecule has 0 bridgehead atoms. The highest BCUT2D eigenvalue weighted by molar-refractivity contribution is 7.92. The van der Waals surface area contributed by atoms with Crippen molar-refractivity contribution in [3.8, 4) is 5.75 Å². The van der Waals surface area contributed by atoms with Crippen molar-refractivity contribution >= 4 is 27.5 Å². The van der Waals surface area contributed by atoms with Crippen LogP contribution >= 0.6 is 0 Å². The second kappa shape index (κ2) is 11.7. The van der Waals surface area contributed by atoms with Gasteiger partial charge in [-0.25, -0.2) is 12.8 Å². The number of methoxy groups -OCH3 is 1. The highest BCUT2D eigenvalue weighted by Gasteiger charge is 2.33. The summed E-state index contributed by atoms with van der Waals surface area (Å²) in [6, 6.07) is 9.77. The third kappa shape index (κ3) is 7.94. The molecule has 2 aromatic rings. The minimum absolute atomic E-state index is 0.00224. The lowest BCUT2D eigenvalue weighted by atomic mass is 10.1. The SMILES string of the molecule is CC[C@H](C(=O)NC(C)(C)C)N(Cc1ccc(F)cc1)C(=O)CN(c1cc(C)ccc1OC)S(C)(=O)=O. The maximum Gasteiger partial charge on any atom is 0.244 e. The van der Waals surface area contributed by atoms with Crippen molar-refractivity contribution in [3.05, 3.63) is 59.4 Å². The summed E-state index contributed by atoms with van der Waals surface area (Å²) in [4.78, 5) is 28.2. The third-order valence-corrected chi connectivity index (χ3v) is 6.56. The molecule has 0 saturated carbocycles. The Hall–Kier alpha value is -3.14. The van der Waals surface area contributed by atoms with Gasteiger partial charge in [-0.05, 0) is 69.5 Å². The van der Waals surface area contributed by atoms with Gasteiger partial charge in [-0.1, -0.05) is 25.1 Å². The Morgan fingerprint density at radius 2 is 1.72 bits per heavy atom. The number of nitrogens with one attached hydrogen (secondary N) is 1. The standard InChI is InChI=1S/C26H36FN3O5S/c1-8-21(25(32)28-26(3,4)5)29(16-19-10-12-20(27)13-11-19)24(31)17-30(36(7,33)34)22-15-18(2)9-14-23(22)35-6/h9-15,21H,8,16-17H2,1-7H3,(H,28,32)/t21-/m1/s1. The van der Waals surface area contributed by atoms with Crippen LogP contribution in [-0.4, -0.2) is 56.6 Å². The maximum absolute atomic E-state index is 13.7. The fourth-order valence-electron chi connectivity index (χ4n) is 3.75. The van der Waals surface area contributed by atoms with Gasteiger partial charge in [-0.3, -0.25) is 13.9 Å². The molecule has 0 aliphatic heterocycles. The van der Waals surface area contributed by atoms with Crippen molar-refractivity contribution in [1.82, 2.24) is 10.2 Å². The molecule has 0 aromatic heterocycles. The molecule has 1 atom stereocenters. The molecule has 0 heterocycles. The van der Waals surface area contributed by atoms with Crippen molar-refractivity contribution in [3.63, 3.8) is 0 Å². The van der Waals surface area contributed by atoms with Gasteiger partial charge < -0.3 is 15.0 Å². The lowest BCUT2D eigenvalue weighted by Gasteiger charge is -2.34. The van der Waals surface area contributed by atoms with E-state index in [4.69, 9.17) is 4.74 Å². The van der Waals surface area contributed by atoms with Gasteiger partial charge in [0.25, 0.3) is 0 Å². The number of amides is 2. The van der Waals surface area contributed by atoms with Gasteiger partial charge in [0.15, 0.2) is 0 Å². The first kappa shape index (κ1) is 29.1. The Labute approximate surface area is 213 Å². The number of ether oxygens (including phenoxy) is 1. The third-order valence-electron chi connectivity index (χ3n) is 5.43. The van der Waals surface area contributed by atoms with Crippen LogP contribution in [0.15, 0.2) is 42.5 Å². The Morgan fingerprint density at radius 3 is 2.22 bits per heavy atom. The number of carbonyl (C=O) groups is 2. The molecule has 36 heavy (non-hydrogen) atoms. The quantitative estimate of drug-likeness (QED) is 0.515. The first-order valence-corrected chi connectivity index (χ1v) is 13.5. The normalized spacial score (nSPS) is 12.6. The van der Waals surface area contributed by atoms with E-state index in [1.807, 2.05) is 20.8 Å². The molecule has 0 aliphatic carbocycles. The van der Waals surface area contributed by atoms with E-state index >= 15 is 0 Å². The molecule has 2 amide bonds. The van der Waals surface area contributed by atoms with Gasteiger partial charge in [-0.2, -0.15) is 0 Å². The van der Waals surface area contributed by atoms with Gasteiger partial charge in [-0.15, -0.1) is 0 Å². The molecular weight excluding hydrogens is 485 g/mol. The molecule has 8 nitrogen and oxygen atoms in total. The van der Waals surface area contributed by atoms with E-state index in [1.165, 1.54) is 36.3 Å². The van der Waals surface area contributed by atoms with Crippen LogP contribution in [0.1, 0.15) is 45.2 Å². The van der Waals surface area contributed by atoms with Gasteiger partial charge >= 0.3 is 0 Å². The fourth-order valence-corrected chi connectivity index (χ4v) is 4.59. The Morgan fingerprint density at radius 1 is 1.11 bits per heavy atom. The van der Waals surface area contributed by atoms with E-state index in [2.05, 4.69) is 5.32 Å². The molecule has 0 saturated heterocycles. The lowest BCUT2D eigenvalue weighted by Crippen LogP contribution is -2.55. The van der Waals surface area contributed by atoms with Crippen molar-refractivity contribution in [2.24, 2.45) is 0 Å². The van der Waals surface area contributed by atoms with Crippen LogP contribution in [0.3, 0.4) is 0 Å². The molecule has 10 heteroatoms. The molecule has 198 valence electrons. The first-order valence-electron chi connectivity index (χ1n) is 11.6. The maximum atomic E-state index is 13.7. The summed E-state index contributed by atoms with van der Waals surface area (Å²) >= 11 is 0. The van der Waals surface area contributed by atoms with E-state index in [-0.39, 0.29) is 18.1 Å². The minimum atomic E-state index is -3.90. The van der Waals surface area contributed by atoms with Crippen molar-refractivity contribution < 1.29 is 27.1 Å². The Balaban J connectivity index is 2.52. The number of sulfonamides is 1. The Kier molecular flexibility index (Phi) is 9.48. The highest BCUT2D eigenvalue weighted by Crippen LogP contribution is 2.31. The zero-order chi connectivity index (χ0) is 27.3. The van der Waals surface area contributed by atoms with E-state index in [0.29, 0.717) is 17.7 Å². The molecule has 2 rings (SSSR count). The van der Waals surface area contributed by atoms with E-state index in [0.717, 1.165) is 16.1 Å². The minimum Gasteiger partial charge on any atom is -0.495 e. The van der Waals surface area contributed by atoms with Crippen LogP contribution in [-0.2, 0) is 26.2 Å². The molecule has 0 unspecified atom stereocenters. The number of benzene rings is 2. The molecule has 0 radical (unpaired) electrons. The van der Waals surface area contributed by atoms with Crippen molar-refractivity contribution in [2.75, 3.05) is 24.2 Å². The van der Waals surface area contributed by atoms with Crippen molar-refractivity contribution in [1.29, 1.82) is 0 Å². The monoisotopic (exact) mass is 521 g/mol. The predicted molar refractivity (Wildman–Crippen MR) is 139 cm³/mol. The van der Waals surface area contributed by atoms with E-state index < -0.39 is 39.9 Å². The van der Waals surface area contributed by atoms with Gasteiger partial charge in [0, 0.05) is 12.1 Å². The van der Waals surface area contributed by atoms with Gasteiger partial charge in [0.2, 0.25) is 21.8 Å². The average Bonchev–Trinajstić information content (AvgIpc) is 2.76. The average molecular weight is 522 g/mol. The number of halogens is 1. The summed E-state index contributed by atoms with van der Waals surface area (Å²) in [7, 11) is -2.48. The van der Waals surface area contributed by atoms with Crippen LogP contribution in [0.2, 0.25) is 0 Å². The Bertz CT molecular complexity index is 1180. The van der Waals surface area contributed by atoms with Crippen LogP contribution in [0.25, 0.3) is 0 Å². The van der Waals surface area contributed by atoms with Crippen LogP contribution < -0.4 is 14.4 Å². The van der Waals surface area contributed by atoms with Gasteiger partial charge in [0.1, 0.15) is 24.2 Å². The number of anilines is 1. The fraction of sp³-hybridized carbons (Fsp3) is 0.462.